The zero-order valence-corrected chi connectivity index (χ0v) is 11.1. The smallest absolute Gasteiger partial charge is 0.130 e. The van der Waals surface area contributed by atoms with Crippen molar-refractivity contribution in [2.24, 2.45) is 0 Å². The van der Waals surface area contributed by atoms with Crippen molar-refractivity contribution in [3.8, 4) is 0 Å². The van der Waals surface area contributed by atoms with Crippen LogP contribution in [0.3, 0.4) is 0 Å². The van der Waals surface area contributed by atoms with Gasteiger partial charge in [-0.3, -0.25) is 4.90 Å². The minimum Gasteiger partial charge on any atom is -0.398 e. The van der Waals surface area contributed by atoms with Gasteiger partial charge in [-0.1, -0.05) is 0 Å². The van der Waals surface area contributed by atoms with Crippen LogP contribution >= 0.6 is 0 Å². The molecule has 1 aliphatic heterocycles. The van der Waals surface area contributed by atoms with Crippen LogP contribution in [0, 0.1) is 6.92 Å². The van der Waals surface area contributed by atoms with Gasteiger partial charge in [-0.2, -0.15) is 0 Å². The van der Waals surface area contributed by atoms with Crippen molar-refractivity contribution in [3.05, 3.63) is 17.8 Å². The Morgan fingerprint density at radius 2 is 1.88 bits per heavy atom. The molecule has 0 aromatic carbocycles. The highest BCUT2D eigenvalue weighted by Crippen LogP contribution is 2.22. The minimum absolute atomic E-state index is 0.545. The van der Waals surface area contributed by atoms with Crippen molar-refractivity contribution in [1.29, 1.82) is 0 Å². The van der Waals surface area contributed by atoms with Gasteiger partial charge < -0.3 is 10.6 Å². The summed E-state index contributed by atoms with van der Waals surface area (Å²) in [5, 5.41) is 0. The summed E-state index contributed by atoms with van der Waals surface area (Å²) in [6, 6.07) is 3.08. The van der Waals surface area contributed by atoms with E-state index in [1.165, 1.54) is 0 Å². The molecule has 2 heterocycles. The molecule has 2 atom stereocenters. The average molecular weight is 234 g/mol. The van der Waals surface area contributed by atoms with Crippen LogP contribution in [0.15, 0.2) is 12.3 Å². The molecule has 1 saturated heterocycles. The Bertz CT molecular complexity index is 392. The molecule has 0 aliphatic carbocycles. The standard InChI is InChI=1S/C13H22N4/c1-9-6-15-13(5-12(9)14)17-7-10(2)16(4)11(3)8-17/h5-6,10-11H,7-8H2,1-4H3,(H2,14,15). The van der Waals surface area contributed by atoms with Crippen molar-refractivity contribution in [2.45, 2.75) is 32.9 Å². The molecule has 1 fully saturated rings. The maximum Gasteiger partial charge on any atom is 0.130 e. The second-order valence-electron chi connectivity index (χ2n) is 5.17. The molecule has 2 unspecified atom stereocenters. The fraction of sp³-hybridized carbons (Fsp3) is 0.615. The van der Waals surface area contributed by atoms with Gasteiger partial charge in [0.15, 0.2) is 0 Å². The van der Waals surface area contributed by atoms with Gasteiger partial charge in [-0.05, 0) is 33.4 Å². The van der Waals surface area contributed by atoms with Crippen molar-refractivity contribution < 1.29 is 0 Å². The highest BCUT2D eigenvalue weighted by molar-refractivity contribution is 5.55. The number of pyridine rings is 1. The van der Waals surface area contributed by atoms with Crippen molar-refractivity contribution in [3.63, 3.8) is 0 Å². The number of anilines is 2. The average Bonchev–Trinajstić information content (AvgIpc) is 2.29. The van der Waals surface area contributed by atoms with E-state index in [4.69, 9.17) is 5.73 Å². The molecule has 1 aromatic heterocycles. The van der Waals surface area contributed by atoms with Crippen LogP contribution in [0.2, 0.25) is 0 Å². The molecule has 94 valence electrons. The van der Waals surface area contributed by atoms with E-state index in [1.807, 2.05) is 19.2 Å². The Morgan fingerprint density at radius 1 is 1.29 bits per heavy atom. The molecule has 0 radical (unpaired) electrons. The van der Waals surface area contributed by atoms with E-state index in [0.717, 1.165) is 30.2 Å². The highest BCUT2D eigenvalue weighted by Gasteiger charge is 2.27. The van der Waals surface area contributed by atoms with Gasteiger partial charge in [0.25, 0.3) is 0 Å². The molecule has 0 amide bonds. The molecular weight excluding hydrogens is 212 g/mol. The molecule has 4 nitrogen and oxygen atoms in total. The van der Waals surface area contributed by atoms with Crippen LogP contribution in [0.1, 0.15) is 19.4 Å². The number of hydrogen-bond donors (Lipinski definition) is 1. The predicted octanol–water partition coefficient (Wildman–Crippen LogP) is 1.50. The van der Waals surface area contributed by atoms with E-state index in [1.54, 1.807) is 0 Å². The molecule has 1 aromatic rings. The Balaban J connectivity index is 2.20. The molecule has 2 rings (SSSR count). The lowest BCUT2D eigenvalue weighted by molar-refractivity contribution is 0.169. The Morgan fingerprint density at radius 3 is 2.41 bits per heavy atom. The molecule has 1 aliphatic rings. The first kappa shape index (κ1) is 12.2. The van der Waals surface area contributed by atoms with Gasteiger partial charge in [0.2, 0.25) is 0 Å². The summed E-state index contributed by atoms with van der Waals surface area (Å²) in [5.41, 5.74) is 7.82. The number of hydrogen-bond acceptors (Lipinski definition) is 4. The SMILES string of the molecule is Cc1cnc(N2CC(C)N(C)C(C)C2)cc1N. The predicted molar refractivity (Wildman–Crippen MR) is 72.3 cm³/mol. The zero-order chi connectivity index (χ0) is 12.6. The van der Waals surface area contributed by atoms with E-state index < -0.39 is 0 Å². The number of piperazine rings is 1. The number of aryl methyl sites for hydroxylation is 1. The van der Waals surface area contributed by atoms with E-state index in [0.29, 0.717) is 12.1 Å². The van der Waals surface area contributed by atoms with E-state index in [-0.39, 0.29) is 0 Å². The molecular formula is C13H22N4. The summed E-state index contributed by atoms with van der Waals surface area (Å²) < 4.78 is 0. The second kappa shape index (κ2) is 4.53. The summed E-state index contributed by atoms with van der Waals surface area (Å²) in [7, 11) is 2.18. The molecule has 0 bridgehead atoms. The summed E-state index contributed by atoms with van der Waals surface area (Å²) in [4.78, 5) is 9.22. The summed E-state index contributed by atoms with van der Waals surface area (Å²) in [5.74, 6) is 1.000. The third-order valence-electron chi connectivity index (χ3n) is 3.81. The van der Waals surface area contributed by atoms with Crippen LogP contribution in [0.4, 0.5) is 11.5 Å². The lowest BCUT2D eigenvalue weighted by Crippen LogP contribution is -2.55. The first-order valence-corrected chi connectivity index (χ1v) is 6.18. The Kier molecular flexibility index (Phi) is 3.24. The van der Waals surface area contributed by atoms with E-state index in [9.17, 15) is 0 Å². The van der Waals surface area contributed by atoms with Crippen molar-refractivity contribution in [2.75, 3.05) is 30.8 Å². The van der Waals surface area contributed by atoms with Gasteiger partial charge in [-0.15, -0.1) is 0 Å². The zero-order valence-electron chi connectivity index (χ0n) is 11.1. The van der Waals surface area contributed by atoms with Crippen LogP contribution in [-0.4, -0.2) is 42.1 Å². The number of nitrogen functional groups attached to an aromatic ring is 1. The maximum absolute atomic E-state index is 5.95. The number of rotatable bonds is 1. The maximum atomic E-state index is 5.95. The quantitative estimate of drug-likeness (QED) is 0.800. The van der Waals surface area contributed by atoms with Crippen molar-refractivity contribution in [1.82, 2.24) is 9.88 Å². The monoisotopic (exact) mass is 234 g/mol. The fourth-order valence-corrected chi connectivity index (χ4v) is 2.29. The molecule has 4 heteroatoms. The minimum atomic E-state index is 0.545. The third kappa shape index (κ3) is 2.36. The van der Waals surface area contributed by atoms with Gasteiger partial charge >= 0.3 is 0 Å². The molecule has 17 heavy (non-hydrogen) atoms. The van der Waals surface area contributed by atoms with E-state index >= 15 is 0 Å². The number of likely N-dealkylation sites (N-methyl/N-ethyl adjacent to an activating group) is 1. The normalized spacial score (nSPS) is 26.2. The van der Waals surface area contributed by atoms with E-state index in [2.05, 4.69) is 35.7 Å². The summed E-state index contributed by atoms with van der Waals surface area (Å²) in [6.45, 7) is 8.51. The highest BCUT2D eigenvalue weighted by atomic mass is 15.3. The third-order valence-corrected chi connectivity index (χ3v) is 3.81. The summed E-state index contributed by atoms with van der Waals surface area (Å²) in [6.07, 6.45) is 1.86. The van der Waals surface area contributed by atoms with Crippen LogP contribution in [0.5, 0.6) is 0 Å². The van der Waals surface area contributed by atoms with Gasteiger partial charge in [0, 0.05) is 43.1 Å². The molecule has 2 N–H and O–H groups in total. The Hall–Kier alpha value is -1.29. The molecule has 0 saturated carbocycles. The number of aromatic nitrogens is 1. The second-order valence-corrected chi connectivity index (χ2v) is 5.17. The van der Waals surface area contributed by atoms with Gasteiger partial charge in [-0.25, -0.2) is 4.98 Å². The van der Waals surface area contributed by atoms with Gasteiger partial charge in [0.1, 0.15) is 5.82 Å². The number of nitrogens with zero attached hydrogens (tertiary/aromatic N) is 3. The lowest BCUT2D eigenvalue weighted by atomic mass is 10.1. The first-order chi connectivity index (χ1) is 7.99. The first-order valence-electron chi connectivity index (χ1n) is 6.18. The van der Waals surface area contributed by atoms with Crippen molar-refractivity contribution >= 4 is 11.5 Å². The van der Waals surface area contributed by atoms with Crippen LogP contribution in [0.25, 0.3) is 0 Å². The largest absolute Gasteiger partial charge is 0.398 e. The van der Waals surface area contributed by atoms with Crippen LogP contribution < -0.4 is 10.6 Å². The summed E-state index contributed by atoms with van der Waals surface area (Å²) >= 11 is 0. The fourth-order valence-electron chi connectivity index (χ4n) is 2.29. The molecule has 0 spiro atoms. The lowest BCUT2D eigenvalue weighted by Gasteiger charge is -2.43. The van der Waals surface area contributed by atoms with Crippen LogP contribution in [-0.2, 0) is 0 Å². The Labute approximate surface area is 103 Å². The van der Waals surface area contributed by atoms with Gasteiger partial charge in [0.05, 0.1) is 0 Å². The number of nitrogens with two attached hydrogens (primary N) is 1. The topological polar surface area (TPSA) is 45.4 Å².